The van der Waals surface area contributed by atoms with Gasteiger partial charge in [0.25, 0.3) is 17.7 Å². The number of phenolic OH excluding ortho intramolecular Hbond substituents is 2. The number of aliphatic hydroxyl groups is 1. The molecule has 4 fully saturated rings. The molecule has 9 atom stereocenters. The Hall–Kier alpha value is -8.58. The molecule has 494 valence electrons. The highest BCUT2D eigenvalue weighted by atomic mass is 16.7. The molecule has 4 aliphatic heterocycles. The van der Waals surface area contributed by atoms with E-state index in [2.05, 4.69) is 31.5 Å². The minimum atomic E-state index is -2.39. The maximum atomic E-state index is 14.3. The van der Waals surface area contributed by atoms with E-state index in [9.17, 15) is 63.3 Å². The van der Waals surface area contributed by atoms with E-state index in [0.29, 0.717) is 50.1 Å². The first-order valence-electron chi connectivity index (χ1n) is 30.8. The number of anilines is 1. The zero-order chi connectivity index (χ0) is 65.8. The predicted octanol–water partition coefficient (Wildman–Crippen LogP) is 1.79. The van der Waals surface area contributed by atoms with Gasteiger partial charge in [-0.2, -0.15) is 0 Å². The number of nitrogens with one attached hydrogen (secondary N) is 5. The summed E-state index contributed by atoms with van der Waals surface area (Å²) in [6.07, 6.45) is -0.854. The Balaban J connectivity index is 0.744. The lowest BCUT2D eigenvalue weighted by molar-refractivity contribution is -0.256. The van der Waals surface area contributed by atoms with E-state index in [1.54, 1.807) is 31.2 Å². The number of methoxy groups -OCH3 is 2. The van der Waals surface area contributed by atoms with Crippen molar-refractivity contribution in [2.75, 3.05) is 72.5 Å². The van der Waals surface area contributed by atoms with Crippen LogP contribution in [0.25, 0.3) is 0 Å². The molecule has 9 amide bonds. The zero-order valence-corrected chi connectivity index (χ0v) is 51.5. The number of morpholine rings is 1. The number of primary amides is 1. The van der Waals surface area contributed by atoms with Gasteiger partial charge in [-0.05, 0) is 75.6 Å². The van der Waals surface area contributed by atoms with Crippen LogP contribution in [-0.2, 0) is 70.2 Å². The minimum Gasteiger partial charge on any atom is -0.507 e. The highest BCUT2D eigenvalue weighted by Gasteiger charge is 2.56. The number of amides is 9. The van der Waals surface area contributed by atoms with Crippen molar-refractivity contribution in [1.29, 1.82) is 0 Å². The number of hydrogen-bond acceptors (Lipinski definition) is 21. The molecule has 3 aliphatic carbocycles. The van der Waals surface area contributed by atoms with Crippen molar-refractivity contribution in [2.45, 2.75) is 139 Å². The van der Waals surface area contributed by atoms with Crippen LogP contribution >= 0.6 is 0 Å². The lowest BCUT2D eigenvalue weighted by Gasteiger charge is -2.43. The summed E-state index contributed by atoms with van der Waals surface area (Å²) in [5.74, 6) is -6.36. The third-order valence-corrected chi connectivity index (χ3v) is 18.1. The molecule has 3 aromatic rings. The first-order chi connectivity index (χ1) is 44.1. The minimum absolute atomic E-state index is 0.0628. The number of aromatic hydroxyl groups is 2. The molecule has 3 saturated heterocycles. The summed E-state index contributed by atoms with van der Waals surface area (Å²) in [4.78, 5) is 137. The second kappa shape index (κ2) is 28.1. The molecular formula is C63H77N9O20. The number of ether oxygens (including phenoxy) is 7. The molecule has 92 heavy (non-hydrogen) atoms. The van der Waals surface area contributed by atoms with Gasteiger partial charge in [-0.15, -0.1) is 0 Å². The molecule has 7 aliphatic rings. The molecule has 0 spiro atoms. The molecular weight excluding hydrogens is 1200 g/mol. The maximum Gasteiger partial charge on any atom is 0.409 e. The SMILES string of the molecule is COc1cccc2c1C(=O)c1c(O)c3c(c(O)c1C2=O)CC(O)(C(=O)NCCN(C)C(=O)OCc1ccc(NC(=O)C(CCCNC(N)=O)NC(=O)C2(C(=O)NCCCCCN4C(=O)C=CC4=O)CCC2)cc1)CC3OC1CC2C(OC3C(OC)OCCN23)C(C)O1. The molecule has 4 heterocycles. The molecule has 29 heteroatoms. The Kier molecular flexibility index (Phi) is 20.3. The van der Waals surface area contributed by atoms with E-state index in [0.717, 1.165) is 4.90 Å². The number of likely N-dealkylation sites (N-methyl/N-ethyl adjacent to an activating group) is 1. The van der Waals surface area contributed by atoms with Gasteiger partial charge in [-0.3, -0.25) is 48.2 Å². The van der Waals surface area contributed by atoms with E-state index in [-0.39, 0.29) is 117 Å². The van der Waals surface area contributed by atoms with Crippen LogP contribution in [0.1, 0.15) is 126 Å². The largest absolute Gasteiger partial charge is 0.507 e. The molecule has 1 saturated carbocycles. The summed E-state index contributed by atoms with van der Waals surface area (Å²) in [6, 6.07) is 8.50. The van der Waals surface area contributed by atoms with Crippen LogP contribution < -0.4 is 37.1 Å². The summed E-state index contributed by atoms with van der Waals surface area (Å²) in [7, 11) is 4.26. The third kappa shape index (κ3) is 13.5. The highest BCUT2D eigenvalue weighted by Crippen LogP contribution is 2.53. The Labute approximate surface area is 528 Å². The fourth-order valence-electron chi connectivity index (χ4n) is 13.0. The maximum absolute atomic E-state index is 14.3. The molecule has 10 rings (SSSR count). The van der Waals surface area contributed by atoms with Crippen LogP contribution in [0.15, 0.2) is 54.6 Å². The van der Waals surface area contributed by atoms with Crippen molar-refractivity contribution in [2.24, 2.45) is 11.1 Å². The smallest absolute Gasteiger partial charge is 0.409 e. The topological polar surface area (TPSA) is 392 Å². The number of carbonyl (C=O) groups excluding carboxylic acids is 10. The van der Waals surface area contributed by atoms with E-state index < -0.39 is 137 Å². The summed E-state index contributed by atoms with van der Waals surface area (Å²) < 4.78 is 41.7. The molecule has 0 aromatic heterocycles. The van der Waals surface area contributed by atoms with Gasteiger partial charge in [-0.1, -0.05) is 30.7 Å². The summed E-state index contributed by atoms with van der Waals surface area (Å²) in [6.45, 7) is 2.73. The number of nitrogens with zero attached hydrogens (tertiary/aromatic N) is 3. The number of benzene rings is 3. The number of phenols is 2. The van der Waals surface area contributed by atoms with Gasteiger partial charge < -0.3 is 85.7 Å². The molecule has 10 N–H and O–H groups in total. The highest BCUT2D eigenvalue weighted by molar-refractivity contribution is 6.31. The number of ketones is 2. The summed E-state index contributed by atoms with van der Waals surface area (Å²) >= 11 is 0. The van der Waals surface area contributed by atoms with Crippen molar-refractivity contribution >= 4 is 64.8 Å². The first kappa shape index (κ1) is 66.3. The molecule has 0 radical (unpaired) electrons. The van der Waals surface area contributed by atoms with E-state index in [1.165, 1.54) is 56.5 Å². The van der Waals surface area contributed by atoms with Crippen molar-refractivity contribution in [3.05, 3.63) is 93.6 Å². The van der Waals surface area contributed by atoms with Gasteiger partial charge in [0, 0.05) is 113 Å². The van der Waals surface area contributed by atoms with Gasteiger partial charge in [0.05, 0.1) is 42.6 Å². The second-order valence-electron chi connectivity index (χ2n) is 24.0. The van der Waals surface area contributed by atoms with E-state index in [4.69, 9.17) is 38.9 Å². The van der Waals surface area contributed by atoms with Crippen molar-refractivity contribution in [3.8, 4) is 17.2 Å². The summed E-state index contributed by atoms with van der Waals surface area (Å²) in [5, 5.41) is 50.2. The number of fused-ring (bicyclic) bond motifs is 6. The lowest BCUT2D eigenvalue weighted by atomic mass is 9.67. The standard InChI is InChI=1S/C63H77N9O20/c1-33-53-39(71-27-28-88-56(87-4)55(71)92-53)29-44(90-33)91-41-31-63(85,30-37-46(41)52(78)48-47(50(37)76)49(75)36-11-8-13-40(86-3)45(36)51(48)77)59(82)66-24-26-70(2)61(84)89-32-34-14-16-35(17-15-34)68-54(79)38(12-9-23-67-60(64)83)69-58(81)62(20-10-21-62)57(80)65-22-6-5-7-25-72-42(73)18-19-43(72)74/h8,11,13-19,33,38-39,41,44,53,55-56,76,78,85H,5-7,9-10,12,20-32H2,1-4H3,(H,65,80)(H,66,82)(H,68,79)(H,69,81)(H3,64,67,83). The van der Waals surface area contributed by atoms with Crippen LogP contribution in [-0.4, -0.2) is 205 Å². The molecule has 3 aromatic carbocycles. The van der Waals surface area contributed by atoms with Crippen LogP contribution in [0.2, 0.25) is 0 Å². The number of hydrogen-bond donors (Lipinski definition) is 9. The lowest BCUT2D eigenvalue weighted by Crippen LogP contribution is -2.58. The molecule has 0 bridgehead atoms. The number of unbranched alkanes of at least 4 members (excludes halogenated alkanes) is 2. The van der Waals surface area contributed by atoms with Crippen LogP contribution in [0.5, 0.6) is 17.2 Å². The van der Waals surface area contributed by atoms with Crippen LogP contribution in [0.4, 0.5) is 15.3 Å². The van der Waals surface area contributed by atoms with Gasteiger partial charge in [-0.25, -0.2) is 9.59 Å². The van der Waals surface area contributed by atoms with Crippen molar-refractivity contribution in [3.63, 3.8) is 0 Å². The molecule has 9 unspecified atom stereocenters. The normalized spacial score (nSPS) is 24.6. The van der Waals surface area contributed by atoms with Gasteiger partial charge in [0.2, 0.25) is 23.5 Å². The average Bonchev–Trinajstić information content (AvgIpc) is 0.860. The van der Waals surface area contributed by atoms with Gasteiger partial charge in [0.1, 0.15) is 47.0 Å². The Morgan fingerprint density at radius 2 is 1.55 bits per heavy atom. The Morgan fingerprint density at radius 3 is 2.25 bits per heavy atom. The second-order valence-corrected chi connectivity index (χ2v) is 24.0. The van der Waals surface area contributed by atoms with Gasteiger partial charge >= 0.3 is 12.1 Å². The number of carbonyl (C=O) groups is 10. The van der Waals surface area contributed by atoms with Crippen molar-refractivity contribution < 1.29 is 96.4 Å². The summed E-state index contributed by atoms with van der Waals surface area (Å²) in [5.41, 5.74) is 0.709. The Bertz CT molecular complexity index is 3410. The number of rotatable bonds is 25. The fourth-order valence-corrected chi connectivity index (χ4v) is 13.0. The average molecular weight is 1280 g/mol. The third-order valence-electron chi connectivity index (χ3n) is 18.1. The van der Waals surface area contributed by atoms with Crippen molar-refractivity contribution in [1.82, 2.24) is 36.0 Å². The van der Waals surface area contributed by atoms with Crippen LogP contribution in [0.3, 0.4) is 0 Å². The predicted molar refractivity (Wildman–Crippen MR) is 320 cm³/mol. The van der Waals surface area contributed by atoms with Gasteiger partial charge in [0.15, 0.2) is 24.6 Å². The number of nitrogens with two attached hydrogens (primary N) is 1. The fraction of sp³-hybridized carbons (Fsp3) is 0.524. The zero-order valence-electron chi connectivity index (χ0n) is 51.5. The molecule has 29 nitrogen and oxygen atoms in total. The first-order valence-corrected chi connectivity index (χ1v) is 30.8. The number of urea groups is 1. The number of imide groups is 1. The monoisotopic (exact) mass is 1280 g/mol. The van der Waals surface area contributed by atoms with E-state index >= 15 is 0 Å². The Morgan fingerprint density at radius 1 is 0.837 bits per heavy atom. The van der Waals surface area contributed by atoms with Crippen LogP contribution in [0, 0.1) is 5.41 Å². The quantitative estimate of drug-likeness (QED) is 0.0198. The van der Waals surface area contributed by atoms with E-state index in [1.807, 2.05) is 0 Å².